The van der Waals surface area contributed by atoms with Crippen molar-refractivity contribution in [1.82, 2.24) is 10.2 Å². The minimum atomic E-state index is -0.341. The second-order valence-corrected chi connectivity index (χ2v) is 8.21. The van der Waals surface area contributed by atoms with Gasteiger partial charge in [-0.15, -0.1) is 10.2 Å². The predicted molar refractivity (Wildman–Crippen MR) is 96.9 cm³/mol. The van der Waals surface area contributed by atoms with E-state index in [1.54, 1.807) is 24.3 Å². The van der Waals surface area contributed by atoms with E-state index >= 15 is 0 Å². The van der Waals surface area contributed by atoms with E-state index in [1.807, 2.05) is 6.92 Å². The van der Waals surface area contributed by atoms with Gasteiger partial charge >= 0.3 is 0 Å². The van der Waals surface area contributed by atoms with E-state index in [-0.39, 0.29) is 16.9 Å². The molecule has 6 nitrogen and oxygen atoms in total. The molecule has 1 aliphatic carbocycles. The van der Waals surface area contributed by atoms with Crippen LogP contribution in [0.2, 0.25) is 0 Å². The second kappa shape index (κ2) is 7.31. The van der Waals surface area contributed by atoms with Crippen molar-refractivity contribution in [3.8, 4) is 0 Å². The Morgan fingerprint density at radius 1 is 1.29 bits per heavy atom. The van der Waals surface area contributed by atoms with Crippen LogP contribution < -0.4 is 10.6 Å². The Balaban J connectivity index is 1.60. The van der Waals surface area contributed by atoms with E-state index in [4.69, 9.17) is 0 Å². The fourth-order valence-electron chi connectivity index (χ4n) is 2.06. The number of amides is 1. The summed E-state index contributed by atoms with van der Waals surface area (Å²) in [6.45, 7) is 3.30. The lowest BCUT2D eigenvalue weighted by molar-refractivity contribution is -0.115. The predicted octanol–water partition coefficient (Wildman–Crippen LogP) is 3.43. The highest BCUT2D eigenvalue weighted by molar-refractivity contribution is 8.02. The van der Waals surface area contributed by atoms with Crippen LogP contribution in [-0.2, 0) is 4.79 Å². The topological polar surface area (TPSA) is 84.0 Å². The molecule has 1 aliphatic rings. The zero-order valence-corrected chi connectivity index (χ0v) is 15.0. The van der Waals surface area contributed by atoms with Gasteiger partial charge in [-0.1, -0.05) is 35.2 Å². The number of carbonyl (C=O) groups excluding carboxylic acids is 2. The van der Waals surface area contributed by atoms with Crippen LogP contribution in [0.4, 0.5) is 10.8 Å². The Labute approximate surface area is 148 Å². The second-order valence-electron chi connectivity index (χ2n) is 5.64. The fraction of sp³-hybridized carbons (Fsp3) is 0.375. The number of ketones is 1. The van der Waals surface area contributed by atoms with E-state index in [0.717, 1.165) is 9.47 Å². The minimum Gasteiger partial charge on any atom is -0.357 e. The maximum atomic E-state index is 12.4. The zero-order chi connectivity index (χ0) is 17.1. The highest BCUT2D eigenvalue weighted by atomic mass is 32.2. The van der Waals surface area contributed by atoms with Gasteiger partial charge in [0, 0.05) is 11.6 Å². The number of nitrogens with one attached hydrogen (secondary N) is 2. The molecule has 1 atom stereocenters. The molecule has 0 saturated heterocycles. The summed E-state index contributed by atoms with van der Waals surface area (Å²) >= 11 is 2.82. The number of benzene rings is 1. The molecule has 1 aromatic carbocycles. The molecule has 0 bridgehead atoms. The van der Waals surface area contributed by atoms with Crippen LogP contribution in [0.5, 0.6) is 0 Å². The summed E-state index contributed by atoms with van der Waals surface area (Å²) in [5, 5.41) is 14.8. The average Bonchev–Trinajstić information content (AvgIpc) is 3.26. The first-order valence-corrected chi connectivity index (χ1v) is 9.40. The van der Waals surface area contributed by atoms with Crippen LogP contribution in [0.15, 0.2) is 28.6 Å². The molecule has 1 unspecified atom stereocenters. The van der Waals surface area contributed by atoms with Crippen molar-refractivity contribution < 1.29 is 9.59 Å². The number of aromatic nitrogens is 2. The number of carbonyl (C=O) groups is 2. The van der Waals surface area contributed by atoms with Crippen molar-refractivity contribution in [3.05, 3.63) is 29.8 Å². The molecule has 2 aromatic rings. The van der Waals surface area contributed by atoms with Gasteiger partial charge in [-0.25, -0.2) is 0 Å². The lowest BCUT2D eigenvalue weighted by Crippen LogP contribution is -2.23. The molecule has 3 rings (SSSR count). The van der Waals surface area contributed by atoms with Crippen LogP contribution in [0.3, 0.4) is 0 Å². The number of hydrogen-bond donors (Lipinski definition) is 2. The van der Waals surface area contributed by atoms with Crippen molar-refractivity contribution in [1.29, 1.82) is 0 Å². The number of hydrogen-bond acceptors (Lipinski definition) is 7. The molecule has 24 heavy (non-hydrogen) atoms. The van der Waals surface area contributed by atoms with Crippen molar-refractivity contribution in [2.45, 2.75) is 42.3 Å². The quantitative estimate of drug-likeness (QED) is 0.580. The molecule has 2 N–H and O–H groups in total. The summed E-state index contributed by atoms with van der Waals surface area (Å²) in [6.07, 6.45) is 2.35. The number of thioether (sulfide) groups is 1. The molecule has 1 amide bonds. The minimum absolute atomic E-state index is 0.0777. The van der Waals surface area contributed by atoms with Gasteiger partial charge in [0.1, 0.15) is 0 Å². The van der Waals surface area contributed by atoms with Gasteiger partial charge in [-0.3, -0.25) is 9.59 Å². The van der Waals surface area contributed by atoms with E-state index in [0.29, 0.717) is 17.3 Å². The smallest absolute Gasteiger partial charge is 0.237 e. The fourth-order valence-corrected chi connectivity index (χ4v) is 4.03. The van der Waals surface area contributed by atoms with Crippen LogP contribution in [0.25, 0.3) is 0 Å². The maximum Gasteiger partial charge on any atom is 0.237 e. The SMILES string of the molecule is CC(=O)c1ccccc1NC(=O)C(C)Sc1nnc(NC2CC2)s1. The van der Waals surface area contributed by atoms with Gasteiger partial charge in [-0.2, -0.15) is 0 Å². The molecule has 1 heterocycles. The van der Waals surface area contributed by atoms with Crippen LogP contribution in [0.1, 0.15) is 37.0 Å². The van der Waals surface area contributed by atoms with Crippen molar-refractivity contribution in [3.63, 3.8) is 0 Å². The molecule has 1 fully saturated rings. The Hall–Kier alpha value is -1.93. The maximum absolute atomic E-state index is 12.4. The highest BCUT2D eigenvalue weighted by Gasteiger charge is 2.23. The average molecular weight is 362 g/mol. The third-order valence-corrected chi connectivity index (χ3v) is 5.56. The Morgan fingerprint density at radius 2 is 2.04 bits per heavy atom. The first-order valence-electron chi connectivity index (χ1n) is 7.70. The monoisotopic (exact) mass is 362 g/mol. The highest BCUT2D eigenvalue weighted by Crippen LogP contribution is 2.32. The molecule has 1 aromatic heterocycles. The number of rotatable bonds is 7. The molecule has 0 spiro atoms. The van der Waals surface area contributed by atoms with E-state index in [2.05, 4.69) is 20.8 Å². The normalized spacial score (nSPS) is 14.9. The zero-order valence-electron chi connectivity index (χ0n) is 13.4. The Bertz CT molecular complexity index is 758. The van der Waals surface area contributed by atoms with Gasteiger partial charge in [0.05, 0.1) is 10.9 Å². The van der Waals surface area contributed by atoms with Crippen molar-refractivity contribution in [2.75, 3.05) is 10.6 Å². The van der Waals surface area contributed by atoms with Crippen molar-refractivity contribution >= 4 is 45.6 Å². The summed E-state index contributed by atoms with van der Waals surface area (Å²) in [5.41, 5.74) is 1.05. The molecule has 0 aliphatic heterocycles. The van der Waals surface area contributed by atoms with Gasteiger partial charge in [0.15, 0.2) is 10.1 Å². The number of Topliss-reactive ketones (excluding diaryl/α,β-unsaturated/α-hetero) is 1. The Morgan fingerprint density at radius 3 is 2.75 bits per heavy atom. The van der Waals surface area contributed by atoms with Crippen LogP contribution in [-0.4, -0.2) is 33.2 Å². The Kier molecular flexibility index (Phi) is 5.15. The van der Waals surface area contributed by atoms with Gasteiger partial charge in [0.25, 0.3) is 0 Å². The number of nitrogens with zero attached hydrogens (tertiary/aromatic N) is 2. The summed E-state index contributed by atoms with van der Waals surface area (Å²) < 4.78 is 0.751. The van der Waals surface area contributed by atoms with E-state index in [1.165, 1.54) is 42.9 Å². The third kappa shape index (κ3) is 4.33. The van der Waals surface area contributed by atoms with Crippen LogP contribution >= 0.6 is 23.1 Å². The first-order chi connectivity index (χ1) is 11.5. The van der Waals surface area contributed by atoms with Gasteiger partial charge < -0.3 is 10.6 Å². The summed E-state index contributed by atoms with van der Waals surface area (Å²) in [5.74, 6) is -0.244. The summed E-state index contributed by atoms with van der Waals surface area (Å²) in [6, 6.07) is 7.53. The van der Waals surface area contributed by atoms with Gasteiger partial charge in [0.2, 0.25) is 11.0 Å². The lowest BCUT2D eigenvalue weighted by atomic mass is 10.1. The van der Waals surface area contributed by atoms with Crippen LogP contribution in [0, 0.1) is 0 Å². The summed E-state index contributed by atoms with van der Waals surface area (Å²) in [4.78, 5) is 24.0. The largest absolute Gasteiger partial charge is 0.357 e. The summed E-state index contributed by atoms with van der Waals surface area (Å²) in [7, 11) is 0. The first kappa shape index (κ1) is 16.9. The molecule has 0 radical (unpaired) electrons. The molecule has 126 valence electrons. The molecule has 8 heteroatoms. The van der Waals surface area contributed by atoms with Crippen molar-refractivity contribution in [2.24, 2.45) is 0 Å². The number of anilines is 2. The standard InChI is InChI=1S/C16H18N4O2S2/c1-9(21)12-5-3-4-6-13(12)18-14(22)10(2)23-16-20-19-15(24-16)17-11-7-8-11/h3-6,10-11H,7-8H2,1-2H3,(H,17,19)(H,18,22). The number of para-hydroxylation sites is 1. The lowest BCUT2D eigenvalue weighted by Gasteiger charge is -2.12. The van der Waals surface area contributed by atoms with Gasteiger partial charge in [-0.05, 0) is 38.8 Å². The molecular weight excluding hydrogens is 344 g/mol. The molecule has 1 saturated carbocycles. The van der Waals surface area contributed by atoms with E-state index in [9.17, 15) is 9.59 Å². The van der Waals surface area contributed by atoms with E-state index < -0.39 is 0 Å². The third-order valence-electron chi connectivity index (χ3n) is 3.52. The molecular formula is C16H18N4O2S2.